The maximum Gasteiger partial charge on any atom is 0.266 e. The van der Waals surface area contributed by atoms with Crippen LogP contribution in [0.4, 0.5) is 10.1 Å². The van der Waals surface area contributed by atoms with E-state index in [1.807, 2.05) is 41.6 Å². The van der Waals surface area contributed by atoms with E-state index < -0.39 is 11.7 Å². The first-order chi connectivity index (χ1) is 12.3. The first kappa shape index (κ1) is 18.9. The smallest absolute Gasteiger partial charge is 0.266 e. The third kappa shape index (κ3) is 3.79. The van der Waals surface area contributed by atoms with Gasteiger partial charge in [0, 0.05) is 3.57 Å². The molecule has 0 unspecified atom stereocenters. The fraction of sp³-hybridized carbons (Fsp3) is 0.235. The number of hydrogen-bond acceptors (Lipinski definition) is 5. The second-order valence-corrected chi connectivity index (χ2v) is 8.31. The number of anilines is 1. The highest BCUT2D eigenvalue weighted by Crippen LogP contribution is 2.28. The van der Waals surface area contributed by atoms with Crippen molar-refractivity contribution in [2.24, 2.45) is 0 Å². The molecular weight excluding hydrogens is 470 g/mol. The minimum Gasteiger partial charge on any atom is -0.319 e. The summed E-state index contributed by atoms with van der Waals surface area (Å²) < 4.78 is 14.7. The second-order valence-electron chi connectivity index (χ2n) is 6.07. The molecule has 3 rings (SSSR count). The van der Waals surface area contributed by atoms with Crippen LogP contribution in [0.2, 0.25) is 0 Å². The molecule has 0 aliphatic rings. The number of hydrogen-bond donors (Lipinski definition) is 2. The quantitative estimate of drug-likeness (QED) is 0.555. The SMILES string of the molecule is Cc1c(C(=O)Nc2ccc(I)cc2F)sc2nc(CN(C)C)[nH]c(=O)c12. The highest BCUT2D eigenvalue weighted by Gasteiger charge is 2.20. The Balaban J connectivity index is 1.99. The minimum absolute atomic E-state index is 0.0995. The lowest BCUT2D eigenvalue weighted by Crippen LogP contribution is -2.18. The lowest BCUT2D eigenvalue weighted by molar-refractivity contribution is 0.102. The summed E-state index contributed by atoms with van der Waals surface area (Å²) in [6.45, 7) is 2.18. The summed E-state index contributed by atoms with van der Waals surface area (Å²) in [6.07, 6.45) is 0. The molecule has 26 heavy (non-hydrogen) atoms. The van der Waals surface area contributed by atoms with Crippen molar-refractivity contribution < 1.29 is 9.18 Å². The Labute approximate surface area is 166 Å². The number of aromatic nitrogens is 2. The highest BCUT2D eigenvalue weighted by molar-refractivity contribution is 14.1. The largest absolute Gasteiger partial charge is 0.319 e. The second kappa shape index (κ2) is 7.41. The van der Waals surface area contributed by atoms with Crippen LogP contribution < -0.4 is 10.9 Å². The van der Waals surface area contributed by atoms with E-state index in [2.05, 4.69) is 15.3 Å². The first-order valence-corrected chi connectivity index (χ1v) is 9.59. The predicted molar refractivity (Wildman–Crippen MR) is 109 cm³/mol. The molecule has 1 aromatic carbocycles. The summed E-state index contributed by atoms with van der Waals surface area (Å²) in [5.74, 6) is -0.434. The van der Waals surface area contributed by atoms with Crippen LogP contribution in [0.25, 0.3) is 10.2 Å². The molecule has 0 saturated heterocycles. The van der Waals surface area contributed by atoms with Crippen LogP contribution in [-0.4, -0.2) is 34.9 Å². The number of rotatable bonds is 4. The normalized spacial score (nSPS) is 11.3. The Morgan fingerprint density at radius 3 is 2.81 bits per heavy atom. The number of nitrogens with one attached hydrogen (secondary N) is 2. The van der Waals surface area contributed by atoms with Gasteiger partial charge in [0.25, 0.3) is 11.5 Å². The molecule has 0 atom stereocenters. The van der Waals surface area contributed by atoms with Gasteiger partial charge in [0.2, 0.25) is 0 Å². The van der Waals surface area contributed by atoms with Crippen LogP contribution in [0, 0.1) is 16.3 Å². The Bertz CT molecular complexity index is 1060. The van der Waals surface area contributed by atoms with Crippen LogP contribution in [0.5, 0.6) is 0 Å². The zero-order valence-electron chi connectivity index (χ0n) is 14.3. The van der Waals surface area contributed by atoms with Crippen molar-refractivity contribution in [2.75, 3.05) is 19.4 Å². The van der Waals surface area contributed by atoms with Crippen molar-refractivity contribution in [2.45, 2.75) is 13.5 Å². The van der Waals surface area contributed by atoms with Gasteiger partial charge in [-0.2, -0.15) is 0 Å². The van der Waals surface area contributed by atoms with Crippen molar-refractivity contribution in [1.29, 1.82) is 0 Å². The number of halogens is 2. The first-order valence-electron chi connectivity index (χ1n) is 7.69. The maximum atomic E-state index is 14.0. The number of carbonyl (C=O) groups excluding carboxylic acids is 1. The molecule has 136 valence electrons. The van der Waals surface area contributed by atoms with Crippen molar-refractivity contribution in [3.05, 3.63) is 54.2 Å². The third-order valence-corrected chi connectivity index (χ3v) is 5.56. The van der Waals surface area contributed by atoms with Gasteiger partial charge in [-0.3, -0.25) is 9.59 Å². The van der Waals surface area contributed by atoms with Crippen LogP contribution in [-0.2, 0) is 6.54 Å². The maximum absolute atomic E-state index is 14.0. The summed E-state index contributed by atoms with van der Waals surface area (Å²) in [5.41, 5.74) is 0.362. The van der Waals surface area contributed by atoms with E-state index in [-0.39, 0.29) is 11.2 Å². The number of nitrogens with zero attached hydrogens (tertiary/aromatic N) is 2. The van der Waals surface area contributed by atoms with Gasteiger partial charge in [0.05, 0.1) is 22.5 Å². The number of carbonyl (C=O) groups is 1. The van der Waals surface area contributed by atoms with E-state index >= 15 is 0 Å². The van der Waals surface area contributed by atoms with Crippen molar-refractivity contribution in [3.8, 4) is 0 Å². The van der Waals surface area contributed by atoms with Gasteiger partial charge in [-0.1, -0.05) is 0 Å². The van der Waals surface area contributed by atoms with E-state index in [0.29, 0.717) is 33.0 Å². The molecule has 2 heterocycles. The van der Waals surface area contributed by atoms with Gasteiger partial charge >= 0.3 is 0 Å². The van der Waals surface area contributed by atoms with Gasteiger partial charge in [0.1, 0.15) is 16.5 Å². The highest BCUT2D eigenvalue weighted by atomic mass is 127. The molecule has 0 aliphatic carbocycles. The number of thiophene rings is 1. The topological polar surface area (TPSA) is 78.1 Å². The summed E-state index contributed by atoms with van der Waals surface area (Å²) >= 11 is 3.13. The van der Waals surface area contributed by atoms with E-state index in [1.54, 1.807) is 13.0 Å². The van der Waals surface area contributed by atoms with Gasteiger partial charge in [-0.05, 0) is 67.4 Å². The van der Waals surface area contributed by atoms with Crippen LogP contribution in [0.3, 0.4) is 0 Å². The monoisotopic (exact) mass is 486 g/mol. The number of fused-ring (bicyclic) bond motifs is 1. The molecule has 1 amide bonds. The molecular formula is C17H16FIN4O2S. The lowest BCUT2D eigenvalue weighted by atomic mass is 10.2. The molecule has 9 heteroatoms. The Hall–Kier alpha value is -1.85. The summed E-state index contributed by atoms with van der Waals surface area (Å²) in [4.78, 5) is 34.9. The Kier molecular flexibility index (Phi) is 5.39. The Morgan fingerprint density at radius 2 is 2.15 bits per heavy atom. The van der Waals surface area contributed by atoms with E-state index in [0.717, 1.165) is 14.9 Å². The van der Waals surface area contributed by atoms with Gasteiger partial charge < -0.3 is 15.2 Å². The molecule has 0 bridgehead atoms. The molecule has 2 N–H and O–H groups in total. The van der Waals surface area contributed by atoms with Gasteiger partial charge in [-0.25, -0.2) is 9.37 Å². The predicted octanol–water partition coefficient (Wildman–Crippen LogP) is 3.35. The Morgan fingerprint density at radius 1 is 1.42 bits per heavy atom. The summed E-state index contributed by atoms with van der Waals surface area (Å²) in [6, 6.07) is 4.56. The van der Waals surface area contributed by atoms with Crippen LogP contribution in [0.1, 0.15) is 21.1 Å². The van der Waals surface area contributed by atoms with Gasteiger partial charge in [0.15, 0.2) is 0 Å². The summed E-state index contributed by atoms with van der Waals surface area (Å²) in [5, 5.41) is 2.96. The molecule has 0 spiro atoms. The fourth-order valence-corrected chi connectivity index (χ4v) is 4.10. The standard InChI is InChI=1S/C17H16FIN4O2S/c1-8-13-15(24)21-12(7-23(2)3)22-17(13)26-14(8)16(25)20-11-5-4-9(19)6-10(11)18/h4-6H,7H2,1-3H3,(H,20,25)(H,21,22,24). The van der Waals surface area contributed by atoms with Gasteiger partial charge in [-0.15, -0.1) is 11.3 Å². The lowest BCUT2D eigenvalue weighted by Gasteiger charge is -2.07. The number of aryl methyl sites for hydroxylation is 1. The van der Waals surface area contributed by atoms with Crippen molar-refractivity contribution in [3.63, 3.8) is 0 Å². The zero-order valence-corrected chi connectivity index (χ0v) is 17.3. The fourth-order valence-electron chi connectivity index (χ4n) is 2.55. The molecule has 6 nitrogen and oxygen atoms in total. The number of amides is 1. The summed E-state index contributed by atoms with van der Waals surface area (Å²) in [7, 11) is 3.75. The molecule has 0 fully saturated rings. The number of aromatic amines is 1. The van der Waals surface area contributed by atoms with Crippen LogP contribution >= 0.6 is 33.9 Å². The molecule has 3 aromatic rings. The molecule has 0 saturated carbocycles. The van der Waals surface area contributed by atoms with E-state index in [1.165, 1.54) is 12.1 Å². The van der Waals surface area contributed by atoms with E-state index in [4.69, 9.17) is 0 Å². The molecule has 2 aromatic heterocycles. The zero-order chi connectivity index (χ0) is 19.0. The van der Waals surface area contributed by atoms with E-state index in [9.17, 15) is 14.0 Å². The third-order valence-electron chi connectivity index (χ3n) is 3.70. The van der Waals surface area contributed by atoms with Crippen molar-refractivity contribution in [1.82, 2.24) is 14.9 Å². The van der Waals surface area contributed by atoms with Crippen LogP contribution in [0.15, 0.2) is 23.0 Å². The minimum atomic E-state index is -0.506. The molecule has 0 aliphatic heterocycles. The molecule has 0 radical (unpaired) electrons. The number of benzene rings is 1. The number of H-pyrrole nitrogens is 1. The average Bonchev–Trinajstić information content (AvgIpc) is 2.86. The average molecular weight is 486 g/mol. The van der Waals surface area contributed by atoms with Crippen molar-refractivity contribution >= 4 is 55.7 Å².